The molecule has 0 radical (unpaired) electrons. The summed E-state index contributed by atoms with van der Waals surface area (Å²) in [5.41, 5.74) is 0.676. The molecule has 6 nitrogen and oxygen atoms in total. The standard InChI is InChI=1S/C19H31N3O3.ClH/c1-5-17-20-13(4)18(25-17)19(23)21-16-11-22(10-15(16)12(2)3)14-6-8-24-9-7-14;/h12,14-16H,5-11H2,1-4H3,(H,21,23);1H/t15-,16+;/m1./s1. The predicted octanol–water partition coefficient (Wildman–Crippen LogP) is 2.83. The Labute approximate surface area is 162 Å². The van der Waals surface area contributed by atoms with Gasteiger partial charge in [-0.3, -0.25) is 9.69 Å². The Morgan fingerprint density at radius 2 is 2.00 bits per heavy atom. The molecule has 2 saturated heterocycles. The summed E-state index contributed by atoms with van der Waals surface area (Å²) < 4.78 is 11.1. The van der Waals surface area contributed by atoms with Gasteiger partial charge in [-0.2, -0.15) is 0 Å². The van der Waals surface area contributed by atoms with Gasteiger partial charge in [0.15, 0.2) is 5.89 Å². The number of hydrogen-bond donors (Lipinski definition) is 1. The van der Waals surface area contributed by atoms with E-state index in [1.807, 2.05) is 13.8 Å². The Hall–Kier alpha value is -1.11. The molecule has 0 bridgehead atoms. The maximum Gasteiger partial charge on any atom is 0.289 e. The highest BCUT2D eigenvalue weighted by molar-refractivity contribution is 5.92. The summed E-state index contributed by atoms with van der Waals surface area (Å²) >= 11 is 0. The molecule has 0 aromatic carbocycles. The van der Waals surface area contributed by atoms with Crippen LogP contribution in [-0.4, -0.2) is 54.2 Å². The van der Waals surface area contributed by atoms with Crippen molar-refractivity contribution in [3.8, 4) is 0 Å². The van der Waals surface area contributed by atoms with Crippen LogP contribution >= 0.6 is 12.4 Å². The van der Waals surface area contributed by atoms with Crippen LogP contribution in [-0.2, 0) is 11.2 Å². The van der Waals surface area contributed by atoms with Crippen molar-refractivity contribution in [3.05, 3.63) is 17.3 Å². The maximum atomic E-state index is 12.7. The second kappa shape index (κ2) is 9.20. The highest BCUT2D eigenvalue weighted by atomic mass is 35.5. The SMILES string of the molecule is CCc1nc(C)c(C(=O)N[C@H]2CN(C3CCOCC3)C[C@@H]2C(C)C)o1.Cl. The van der Waals surface area contributed by atoms with Gasteiger partial charge in [-0.1, -0.05) is 20.8 Å². The largest absolute Gasteiger partial charge is 0.435 e. The number of ether oxygens (including phenoxy) is 1. The highest BCUT2D eigenvalue weighted by Crippen LogP contribution is 2.29. The van der Waals surface area contributed by atoms with Crippen LogP contribution in [0.4, 0.5) is 0 Å². The molecule has 1 N–H and O–H groups in total. The fourth-order valence-corrected chi connectivity index (χ4v) is 4.09. The minimum atomic E-state index is -0.130. The molecule has 1 aromatic rings. The smallest absolute Gasteiger partial charge is 0.289 e. The number of hydrogen-bond acceptors (Lipinski definition) is 5. The number of carbonyl (C=O) groups is 1. The summed E-state index contributed by atoms with van der Waals surface area (Å²) in [5.74, 6) is 1.84. The topological polar surface area (TPSA) is 67.6 Å². The number of nitrogens with one attached hydrogen (secondary N) is 1. The first kappa shape index (κ1) is 21.2. The molecule has 3 rings (SSSR count). The zero-order valence-electron chi connectivity index (χ0n) is 16.3. The summed E-state index contributed by atoms with van der Waals surface area (Å²) in [4.78, 5) is 19.6. The van der Waals surface area contributed by atoms with E-state index in [1.165, 1.54) is 0 Å². The van der Waals surface area contributed by atoms with E-state index < -0.39 is 0 Å². The van der Waals surface area contributed by atoms with Gasteiger partial charge in [0, 0.05) is 44.8 Å². The third-order valence-corrected chi connectivity index (χ3v) is 5.62. The van der Waals surface area contributed by atoms with Crippen molar-refractivity contribution in [3.63, 3.8) is 0 Å². The van der Waals surface area contributed by atoms with E-state index in [0.717, 1.165) is 39.1 Å². The maximum absolute atomic E-state index is 12.7. The lowest BCUT2D eigenvalue weighted by Crippen LogP contribution is -2.43. The number of amides is 1. The molecule has 0 unspecified atom stereocenters. The monoisotopic (exact) mass is 385 g/mol. The number of halogens is 1. The van der Waals surface area contributed by atoms with Crippen LogP contribution in [0.25, 0.3) is 0 Å². The molecule has 2 atom stereocenters. The lowest BCUT2D eigenvalue weighted by Gasteiger charge is -2.31. The molecule has 2 aliphatic heterocycles. The summed E-state index contributed by atoms with van der Waals surface area (Å²) in [6.45, 7) is 11.9. The second-order valence-electron chi connectivity index (χ2n) is 7.66. The molecule has 148 valence electrons. The zero-order valence-corrected chi connectivity index (χ0v) is 17.1. The molecule has 1 amide bonds. The summed E-state index contributed by atoms with van der Waals surface area (Å²) in [7, 11) is 0. The molecule has 0 spiro atoms. The van der Waals surface area contributed by atoms with E-state index in [2.05, 4.69) is 29.0 Å². The van der Waals surface area contributed by atoms with Gasteiger partial charge in [0.1, 0.15) is 0 Å². The summed E-state index contributed by atoms with van der Waals surface area (Å²) in [6.07, 6.45) is 2.88. The quantitative estimate of drug-likeness (QED) is 0.844. The van der Waals surface area contributed by atoms with Crippen molar-refractivity contribution in [2.45, 2.75) is 59.0 Å². The van der Waals surface area contributed by atoms with Crippen LogP contribution in [0.1, 0.15) is 55.8 Å². The van der Waals surface area contributed by atoms with E-state index in [1.54, 1.807) is 0 Å². The minimum absolute atomic E-state index is 0. The van der Waals surface area contributed by atoms with Crippen LogP contribution in [0, 0.1) is 18.8 Å². The van der Waals surface area contributed by atoms with Crippen LogP contribution in [0.3, 0.4) is 0 Å². The fraction of sp³-hybridized carbons (Fsp3) is 0.789. The Morgan fingerprint density at radius 1 is 1.31 bits per heavy atom. The molecule has 0 aliphatic carbocycles. The van der Waals surface area contributed by atoms with Crippen molar-refractivity contribution in [1.29, 1.82) is 0 Å². The number of nitrogens with zero attached hydrogens (tertiary/aromatic N) is 2. The Kier molecular flexibility index (Phi) is 7.50. The number of rotatable bonds is 5. The molecule has 1 aromatic heterocycles. The van der Waals surface area contributed by atoms with E-state index >= 15 is 0 Å². The van der Waals surface area contributed by atoms with Crippen molar-refractivity contribution in [2.24, 2.45) is 11.8 Å². The Bertz CT molecular complexity index is 599. The average molecular weight is 386 g/mol. The third kappa shape index (κ3) is 4.59. The van der Waals surface area contributed by atoms with Gasteiger partial charge in [0.05, 0.1) is 5.69 Å². The van der Waals surface area contributed by atoms with Crippen molar-refractivity contribution in [1.82, 2.24) is 15.2 Å². The van der Waals surface area contributed by atoms with Gasteiger partial charge in [-0.05, 0) is 31.6 Å². The normalized spacial score (nSPS) is 24.7. The second-order valence-corrected chi connectivity index (χ2v) is 7.66. The van der Waals surface area contributed by atoms with E-state index in [9.17, 15) is 4.79 Å². The molecule has 7 heteroatoms. The number of carbonyl (C=O) groups excluding carboxylic acids is 1. The van der Waals surface area contributed by atoms with Gasteiger partial charge >= 0.3 is 0 Å². The van der Waals surface area contributed by atoms with E-state index in [0.29, 0.717) is 41.6 Å². The van der Waals surface area contributed by atoms with Gasteiger partial charge < -0.3 is 14.5 Å². The first-order chi connectivity index (χ1) is 12.0. The van der Waals surface area contributed by atoms with E-state index in [-0.39, 0.29) is 24.4 Å². The first-order valence-corrected chi connectivity index (χ1v) is 9.58. The van der Waals surface area contributed by atoms with Gasteiger partial charge in [-0.15, -0.1) is 12.4 Å². The van der Waals surface area contributed by atoms with Crippen molar-refractivity contribution < 1.29 is 13.9 Å². The molecule has 3 heterocycles. The van der Waals surface area contributed by atoms with Crippen LogP contribution in [0.5, 0.6) is 0 Å². The molecular weight excluding hydrogens is 354 g/mol. The Balaban J connectivity index is 0.00000243. The highest BCUT2D eigenvalue weighted by Gasteiger charge is 2.39. The van der Waals surface area contributed by atoms with Crippen LogP contribution in [0.2, 0.25) is 0 Å². The predicted molar refractivity (Wildman–Crippen MR) is 103 cm³/mol. The summed E-state index contributed by atoms with van der Waals surface area (Å²) in [6, 6.07) is 0.737. The van der Waals surface area contributed by atoms with E-state index in [4.69, 9.17) is 9.15 Å². The van der Waals surface area contributed by atoms with Crippen LogP contribution in [0.15, 0.2) is 4.42 Å². The minimum Gasteiger partial charge on any atom is -0.435 e. The number of likely N-dealkylation sites (tertiary alicyclic amines) is 1. The third-order valence-electron chi connectivity index (χ3n) is 5.62. The van der Waals surface area contributed by atoms with Crippen LogP contribution < -0.4 is 5.32 Å². The average Bonchev–Trinajstić information content (AvgIpc) is 3.19. The van der Waals surface area contributed by atoms with Gasteiger partial charge in [-0.25, -0.2) is 4.98 Å². The fourth-order valence-electron chi connectivity index (χ4n) is 4.09. The lowest BCUT2D eigenvalue weighted by molar-refractivity contribution is 0.0401. The molecule has 2 fully saturated rings. The number of aromatic nitrogens is 1. The molecular formula is C19H32ClN3O3. The van der Waals surface area contributed by atoms with Crippen molar-refractivity contribution >= 4 is 18.3 Å². The Morgan fingerprint density at radius 3 is 2.58 bits per heavy atom. The first-order valence-electron chi connectivity index (χ1n) is 9.58. The zero-order chi connectivity index (χ0) is 18.0. The molecule has 0 saturated carbocycles. The number of oxazole rings is 1. The lowest BCUT2D eigenvalue weighted by atomic mass is 9.91. The van der Waals surface area contributed by atoms with Gasteiger partial charge in [0.25, 0.3) is 5.91 Å². The van der Waals surface area contributed by atoms with Crippen molar-refractivity contribution in [2.75, 3.05) is 26.3 Å². The molecule has 2 aliphatic rings. The van der Waals surface area contributed by atoms with Gasteiger partial charge in [0.2, 0.25) is 5.76 Å². The molecule has 26 heavy (non-hydrogen) atoms. The summed E-state index contributed by atoms with van der Waals surface area (Å²) in [5, 5.41) is 3.23. The number of aryl methyl sites for hydroxylation is 2.